The van der Waals surface area contributed by atoms with Gasteiger partial charge in [-0.15, -0.1) is 0 Å². The van der Waals surface area contributed by atoms with Gasteiger partial charge in [0, 0.05) is 18.7 Å². The molecule has 0 radical (unpaired) electrons. The van der Waals surface area contributed by atoms with Crippen molar-refractivity contribution in [3.63, 3.8) is 0 Å². The Morgan fingerprint density at radius 1 is 0.885 bits per heavy atom. The Bertz CT molecular complexity index is 827. The summed E-state index contributed by atoms with van der Waals surface area (Å²) < 4.78 is 19.4. The molecule has 1 N–H and O–H groups in total. The number of hydrogen-bond donors (Lipinski definition) is 1. The number of benzene rings is 3. The molecule has 0 aliphatic heterocycles. The summed E-state index contributed by atoms with van der Waals surface area (Å²) in [7, 11) is 0. The van der Waals surface area contributed by atoms with Crippen LogP contribution in [-0.2, 0) is 19.7 Å². The van der Waals surface area contributed by atoms with E-state index in [1.807, 2.05) is 24.3 Å². The first-order valence-electron chi connectivity index (χ1n) is 8.53. The van der Waals surface area contributed by atoms with E-state index >= 15 is 0 Å². The first-order valence-corrected chi connectivity index (χ1v) is 8.90. The molecule has 0 saturated carbocycles. The third kappa shape index (κ3) is 5.07. The Hall–Kier alpha value is -2.36. The van der Waals surface area contributed by atoms with E-state index in [0.29, 0.717) is 16.3 Å². The number of nitrogens with one attached hydrogen (secondary N) is 1. The zero-order valence-corrected chi connectivity index (χ0v) is 15.4. The summed E-state index contributed by atoms with van der Waals surface area (Å²) in [5, 5.41) is 3.80. The molecule has 0 aliphatic carbocycles. The summed E-state index contributed by atoms with van der Waals surface area (Å²) in [4.78, 5) is 0. The van der Waals surface area contributed by atoms with Crippen molar-refractivity contribution in [1.29, 1.82) is 0 Å². The first-order chi connectivity index (χ1) is 12.6. The molecule has 0 atom stereocenters. The minimum atomic E-state index is -0.352. The van der Waals surface area contributed by atoms with E-state index in [1.54, 1.807) is 12.1 Å². The van der Waals surface area contributed by atoms with Gasteiger partial charge in [-0.05, 0) is 42.3 Å². The van der Waals surface area contributed by atoms with Crippen LogP contribution in [0.5, 0.6) is 5.75 Å². The van der Waals surface area contributed by atoms with Gasteiger partial charge < -0.3 is 10.1 Å². The van der Waals surface area contributed by atoms with Gasteiger partial charge in [0.2, 0.25) is 0 Å². The van der Waals surface area contributed by atoms with E-state index in [2.05, 4.69) is 36.5 Å². The molecule has 0 unspecified atom stereocenters. The monoisotopic (exact) mass is 369 g/mol. The molecular formula is C22H21ClFNO. The molecule has 0 aromatic heterocycles. The summed E-state index contributed by atoms with van der Waals surface area (Å²) in [6, 6.07) is 20.9. The third-order valence-corrected chi connectivity index (χ3v) is 4.50. The van der Waals surface area contributed by atoms with Crippen LogP contribution in [0.3, 0.4) is 0 Å². The molecule has 0 heterocycles. The lowest BCUT2D eigenvalue weighted by Crippen LogP contribution is -2.12. The number of rotatable bonds is 7. The van der Waals surface area contributed by atoms with Gasteiger partial charge in [-0.2, -0.15) is 0 Å². The molecule has 3 aromatic rings. The van der Waals surface area contributed by atoms with Crippen molar-refractivity contribution in [2.45, 2.75) is 26.6 Å². The van der Waals surface area contributed by atoms with Gasteiger partial charge >= 0.3 is 0 Å². The Kier molecular flexibility index (Phi) is 6.26. The molecule has 0 fully saturated rings. The van der Waals surface area contributed by atoms with Crippen LogP contribution >= 0.6 is 11.6 Å². The first kappa shape index (κ1) is 18.4. The maximum absolute atomic E-state index is 13.7. The number of ether oxygens (including phenoxy) is 1. The quantitative estimate of drug-likeness (QED) is 0.580. The number of halogens is 2. The molecule has 3 aromatic carbocycles. The SMILES string of the molecule is Cc1ccc(CNCc2ccc(OCc3c(F)cccc3Cl)cc2)cc1. The maximum atomic E-state index is 13.7. The maximum Gasteiger partial charge on any atom is 0.131 e. The Labute approximate surface area is 158 Å². The summed E-state index contributed by atoms with van der Waals surface area (Å²) in [6.07, 6.45) is 0. The predicted molar refractivity (Wildman–Crippen MR) is 104 cm³/mol. The van der Waals surface area contributed by atoms with Gasteiger partial charge in [0.15, 0.2) is 0 Å². The topological polar surface area (TPSA) is 21.3 Å². The van der Waals surface area contributed by atoms with Crippen LogP contribution < -0.4 is 10.1 Å². The van der Waals surface area contributed by atoms with Gasteiger partial charge in [0.05, 0.1) is 5.02 Å². The van der Waals surface area contributed by atoms with Crippen molar-refractivity contribution in [2.75, 3.05) is 0 Å². The molecule has 26 heavy (non-hydrogen) atoms. The molecule has 134 valence electrons. The highest BCUT2D eigenvalue weighted by Crippen LogP contribution is 2.21. The fraction of sp³-hybridized carbons (Fsp3) is 0.182. The van der Waals surface area contributed by atoms with Gasteiger partial charge in [-0.3, -0.25) is 0 Å². The second kappa shape index (κ2) is 8.84. The molecule has 0 aliphatic rings. The number of hydrogen-bond acceptors (Lipinski definition) is 2. The van der Waals surface area contributed by atoms with Crippen LogP contribution in [0.4, 0.5) is 4.39 Å². The Balaban J connectivity index is 1.49. The van der Waals surface area contributed by atoms with Crippen LogP contribution in [0.1, 0.15) is 22.3 Å². The Morgan fingerprint density at radius 3 is 2.12 bits per heavy atom. The molecule has 0 saturated heterocycles. The van der Waals surface area contributed by atoms with Crippen LogP contribution in [0.15, 0.2) is 66.7 Å². The summed E-state index contributed by atoms with van der Waals surface area (Å²) in [5.41, 5.74) is 4.06. The molecular weight excluding hydrogens is 349 g/mol. The molecule has 0 bridgehead atoms. The van der Waals surface area contributed by atoms with Crippen molar-refractivity contribution >= 4 is 11.6 Å². The highest BCUT2D eigenvalue weighted by atomic mass is 35.5. The van der Waals surface area contributed by atoms with E-state index in [4.69, 9.17) is 16.3 Å². The zero-order chi connectivity index (χ0) is 18.4. The zero-order valence-electron chi connectivity index (χ0n) is 14.6. The second-order valence-corrected chi connectivity index (χ2v) is 6.63. The fourth-order valence-corrected chi connectivity index (χ4v) is 2.80. The molecule has 0 amide bonds. The molecule has 4 heteroatoms. The normalized spacial score (nSPS) is 10.7. The highest BCUT2D eigenvalue weighted by molar-refractivity contribution is 6.31. The lowest BCUT2D eigenvalue weighted by atomic mass is 10.1. The van der Waals surface area contributed by atoms with Crippen LogP contribution in [-0.4, -0.2) is 0 Å². The smallest absolute Gasteiger partial charge is 0.131 e. The van der Waals surface area contributed by atoms with E-state index in [9.17, 15) is 4.39 Å². The van der Waals surface area contributed by atoms with Crippen LogP contribution in [0.25, 0.3) is 0 Å². The lowest BCUT2D eigenvalue weighted by Gasteiger charge is -2.10. The van der Waals surface area contributed by atoms with Crippen molar-refractivity contribution in [3.05, 3.63) is 99.8 Å². The van der Waals surface area contributed by atoms with Gasteiger partial charge in [0.1, 0.15) is 18.2 Å². The minimum absolute atomic E-state index is 0.108. The van der Waals surface area contributed by atoms with E-state index in [-0.39, 0.29) is 12.4 Å². The van der Waals surface area contributed by atoms with Crippen molar-refractivity contribution in [2.24, 2.45) is 0 Å². The fourth-order valence-electron chi connectivity index (χ4n) is 2.59. The summed E-state index contributed by atoms with van der Waals surface area (Å²) in [6.45, 7) is 3.79. The standard InChI is InChI=1S/C22H21ClFNO/c1-16-5-7-17(8-6-16)13-25-14-18-9-11-19(12-10-18)26-15-20-21(23)3-2-4-22(20)24/h2-12,25H,13-15H2,1H3. The van der Waals surface area contributed by atoms with Crippen LogP contribution in [0, 0.1) is 12.7 Å². The predicted octanol–water partition coefficient (Wildman–Crippen LogP) is 5.66. The number of aryl methyl sites for hydroxylation is 1. The van der Waals surface area contributed by atoms with Crippen molar-refractivity contribution in [1.82, 2.24) is 5.32 Å². The Morgan fingerprint density at radius 2 is 1.50 bits per heavy atom. The van der Waals surface area contributed by atoms with Crippen molar-refractivity contribution in [3.8, 4) is 5.75 Å². The average Bonchev–Trinajstić information content (AvgIpc) is 2.64. The van der Waals surface area contributed by atoms with Gasteiger partial charge in [-0.25, -0.2) is 4.39 Å². The highest BCUT2D eigenvalue weighted by Gasteiger charge is 2.07. The molecule has 2 nitrogen and oxygen atoms in total. The van der Waals surface area contributed by atoms with E-state index in [0.717, 1.165) is 18.7 Å². The molecule has 3 rings (SSSR count). The third-order valence-electron chi connectivity index (χ3n) is 4.15. The van der Waals surface area contributed by atoms with E-state index in [1.165, 1.54) is 17.2 Å². The largest absolute Gasteiger partial charge is 0.489 e. The minimum Gasteiger partial charge on any atom is -0.489 e. The van der Waals surface area contributed by atoms with Crippen molar-refractivity contribution < 1.29 is 9.13 Å². The summed E-state index contributed by atoms with van der Waals surface area (Å²) >= 11 is 6.01. The second-order valence-electron chi connectivity index (χ2n) is 6.22. The lowest BCUT2D eigenvalue weighted by molar-refractivity contribution is 0.300. The van der Waals surface area contributed by atoms with E-state index < -0.39 is 0 Å². The van der Waals surface area contributed by atoms with Crippen LogP contribution in [0.2, 0.25) is 5.02 Å². The average molecular weight is 370 g/mol. The van der Waals surface area contributed by atoms with Gasteiger partial charge in [0.25, 0.3) is 0 Å². The molecule has 0 spiro atoms. The van der Waals surface area contributed by atoms with Gasteiger partial charge in [-0.1, -0.05) is 59.6 Å². The summed E-state index contributed by atoms with van der Waals surface area (Å²) in [5.74, 6) is 0.334.